The first-order chi connectivity index (χ1) is 17.4. The van der Waals surface area contributed by atoms with Gasteiger partial charge in [0.25, 0.3) is 0 Å². The number of rotatable bonds is 6. The Hall–Kier alpha value is -2.15. The van der Waals surface area contributed by atoms with Crippen molar-refractivity contribution in [2.45, 2.75) is 76.9 Å². The molecule has 1 saturated carbocycles. The van der Waals surface area contributed by atoms with E-state index >= 15 is 4.39 Å². The third kappa shape index (κ3) is 5.39. The monoisotopic (exact) mass is 547 g/mol. The minimum Gasteiger partial charge on any atom is -0.352 e. The predicted molar refractivity (Wildman–Crippen MR) is 148 cm³/mol. The van der Waals surface area contributed by atoms with Crippen LogP contribution in [0, 0.1) is 17.3 Å². The fourth-order valence-corrected chi connectivity index (χ4v) is 6.63. The molecule has 8 heteroatoms. The topological polar surface area (TPSA) is 70.2 Å². The average Bonchev–Trinajstić information content (AvgIpc) is 3.43. The van der Waals surface area contributed by atoms with Gasteiger partial charge in [0.15, 0.2) is 0 Å². The summed E-state index contributed by atoms with van der Waals surface area (Å²) in [5.41, 5.74) is -0.137. The van der Waals surface area contributed by atoms with E-state index in [2.05, 4.69) is 50.2 Å². The molecule has 5 nitrogen and oxygen atoms in total. The molecule has 6 atom stereocenters. The molecule has 1 aromatic rings. The van der Waals surface area contributed by atoms with Crippen molar-refractivity contribution in [2.75, 3.05) is 5.32 Å². The maximum Gasteiger partial charge on any atom is 0.238 e. The lowest BCUT2D eigenvalue weighted by molar-refractivity contribution is -0.125. The summed E-state index contributed by atoms with van der Waals surface area (Å²) in [6.45, 7) is 12.0. The van der Waals surface area contributed by atoms with Crippen molar-refractivity contribution in [3.63, 3.8) is 0 Å². The number of hydrogen-bond donors (Lipinski definition) is 3. The Bertz CT molecular complexity index is 1160. The van der Waals surface area contributed by atoms with Crippen LogP contribution in [0.2, 0.25) is 5.02 Å². The molecule has 1 saturated heterocycles. The number of benzene rings is 1. The van der Waals surface area contributed by atoms with E-state index in [0.29, 0.717) is 28.6 Å². The fraction of sp³-hybridized carbons (Fsp3) is 0.517. The second-order valence-electron chi connectivity index (χ2n) is 11.9. The van der Waals surface area contributed by atoms with Crippen LogP contribution >= 0.6 is 23.2 Å². The number of carbonyl (C=O) groups is 2. The molecule has 200 valence electrons. The molecule has 0 bridgehead atoms. The molecule has 0 radical (unpaired) electrons. The summed E-state index contributed by atoms with van der Waals surface area (Å²) in [5, 5.41) is 9.97. The first kappa shape index (κ1) is 27.9. The smallest absolute Gasteiger partial charge is 0.238 e. The quantitative estimate of drug-likeness (QED) is 0.361. The number of carbonyl (C=O) groups excluding carboxylic acids is 2. The van der Waals surface area contributed by atoms with E-state index in [1.807, 2.05) is 6.07 Å². The fourth-order valence-electron chi connectivity index (χ4n) is 6.30. The molecular formula is C29H36Cl2FN3O2. The molecule has 6 unspecified atom stereocenters. The van der Waals surface area contributed by atoms with E-state index in [-0.39, 0.29) is 28.3 Å². The Kier molecular flexibility index (Phi) is 7.95. The Morgan fingerprint density at radius 3 is 2.68 bits per heavy atom. The lowest BCUT2D eigenvalue weighted by Gasteiger charge is -2.36. The van der Waals surface area contributed by atoms with Crippen LogP contribution in [0.1, 0.15) is 58.9 Å². The van der Waals surface area contributed by atoms with Crippen LogP contribution in [0.5, 0.6) is 0 Å². The van der Waals surface area contributed by atoms with Crippen molar-refractivity contribution in [1.29, 1.82) is 0 Å². The van der Waals surface area contributed by atoms with Gasteiger partial charge in [0.1, 0.15) is 5.83 Å². The van der Waals surface area contributed by atoms with Gasteiger partial charge < -0.3 is 16.0 Å². The number of allylic oxidation sites excluding steroid dienone is 4. The van der Waals surface area contributed by atoms with Crippen LogP contribution in [-0.2, 0) is 15.0 Å². The van der Waals surface area contributed by atoms with Crippen LogP contribution in [0.25, 0.3) is 0 Å². The van der Waals surface area contributed by atoms with Crippen LogP contribution in [-0.4, -0.2) is 29.9 Å². The van der Waals surface area contributed by atoms with E-state index in [1.54, 1.807) is 12.1 Å². The van der Waals surface area contributed by atoms with E-state index in [0.717, 1.165) is 19.3 Å². The summed E-state index contributed by atoms with van der Waals surface area (Å²) in [5.74, 6) is -1.52. The predicted octanol–water partition coefficient (Wildman–Crippen LogP) is 6.39. The van der Waals surface area contributed by atoms with Crippen LogP contribution in [0.4, 0.5) is 10.1 Å². The van der Waals surface area contributed by atoms with Gasteiger partial charge >= 0.3 is 0 Å². The zero-order valence-electron chi connectivity index (χ0n) is 21.8. The Labute approximate surface area is 228 Å². The third-order valence-electron chi connectivity index (χ3n) is 7.82. The van der Waals surface area contributed by atoms with Crippen molar-refractivity contribution in [3.05, 3.63) is 64.5 Å². The number of hydrogen-bond acceptors (Lipinski definition) is 3. The minimum absolute atomic E-state index is 0.0594. The van der Waals surface area contributed by atoms with Gasteiger partial charge in [0.05, 0.1) is 16.5 Å². The highest BCUT2D eigenvalue weighted by Gasteiger charge is 2.65. The summed E-state index contributed by atoms with van der Waals surface area (Å²) in [6.07, 6.45) is 7.52. The molecule has 1 aromatic carbocycles. The lowest BCUT2D eigenvalue weighted by atomic mass is 9.64. The normalized spacial score (nSPS) is 32.0. The Balaban J connectivity index is 1.87. The van der Waals surface area contributed by atoms with Gasteiger partial charge in [-0.1, -0.05) is 69.6 Å². The summed E-state index contributed by atoms with van der Waals surface area (Å²) < 4.78 is 15.5. The molecule has 0 aromatic heterocycles. The van der Waals surface area contributed by atoms with Crippen LogP contribution in [0.3, 0.4) is 0 Å². The van der Waals surface area contributed by atoms with E-state index in [4.69, 9.17) is 23.2 Å². The second-order valence-corrected chi connectivity index (χ2v) is 12.7. The van der Waals surface area contributed by atoms with E-state index < -0.39 is 29.2 Å². The first-order valence-electron chi connectivity index (χ1n) is 12.9. The van der Waals surface area contributed by atoms with Gasteiger partial charge in [0.2, 0.25) is 11.8 Å². The molecule has 4 rings (SSSR count). The van der Waals surface area contributed by atoms with Gasteiger partial charge in [-0.2, -0.15) is 0 Å². The molecule has 37 heavy (non-hydrogen) atoms. The summed E-state index contributed by atoms with van der Waals surface area (Å²) in [4.78, 5) is 27.7. The average molecular weight is 549 g/mol. The number of fused-ring (bicyclic) bond motifs is 2. The van der Waals surface area contributed by atoms with Crippen molar-refractivity contribution >= 4 is 40.7 Å². The van der Waals surface area contributed by atoms with Crippen molar-refractivity contribution in [1.82, 2.24) is 10.6 Å². The van der Waals surface area contributed by atoms with Gasteiger partial charge in [-0.05, 0) is 66.9 Å². The third-order valence-corrected chi connectivity index (χ3v) is 8.37. The molecule has 3 N–H and O–H groups in total. The van der Waals surface area contributed by atoms with Gasteiger partial charge in [-0.25, -0.2) is 4.39 Å². The molecule has 3 aliphatic rings. The first-order valence-corrected chi connectivity index (χ1v) is 13.7. The Morgan fingerprint density at radius 2 is 2.05 bits per heavy atom. The van der Waals surface area contributed by atoms with Gasteiger partial charge in [-0.3, -0.25) is 9.59 Å². The summed E-state index contributed by atoms with van der Waals surface area (Å²) >= 11 is 12.4. The van der Waals surface area contributed by atoms with Crippen LogP contribution < -0.4 is 16.0 Å². The lowest BCUT2D eigenvalue weighted by Crippen LogP contribution is -2.50. The molecule has 2 amide bonds. The summed E-state index contributed by atoms with van der Waals surface area (Å²) in [7, 11) is 0. The number of anilines is 1. The maximum absolute atomic E-state index is 15.5. The molecule has 2 aliphatic heterocycles. The van der Waals surface area contributed by atoms with E-state index in [1.165, 1.54) is 18.2 Å². The highest BCUT2D eigenvalue weighted by Crippen LogP contribution is 2.54. The second kappa shape index (κ2) is 10.5. The highest BCUT2D eigenvalue weighted by atomic mass is 35.5. The molecule has 2 fully saturated rings. The summed E-state index contributed by atoms with van der Waals surface area (Å²) in [6, 6.07) is 4.02. The standard InChI is InChI=1S/C29H36Cl2FN3O2/c1-6-7-21(31)22(32)14-20-25(26(36)33-18-10-8-16(2)12-18)35-24(15-28(3,4)5)29(20)19-11-9-17(30)13-23(19)34-27(29)37/h6-7,9,11,13-14,16,18,20,24-25,35H,1,8,10,12,15H2,2-5H3,(H,33,36)(H,34,37). The SMILES string of the molecule is C=CC=C(Cl)C(F)=CC1C(C(=O)NC2CCC(C)C2)NC(CC(C)(C)C)C12C(=O)Nc1cc(Cl)ccc12. The molecular weight excluding hydrogens is 512 g/mol. The van der Waals surface area contributed by atoms with E-state index in [9.17, 15) is 9.59 Å². The zero-order chi connectivity index (χ0) is 27.1. The molecule has 1 spiro atoms. The number of halogens is 3. The Morgan fingerprint density at radius 1 is 1.32 bits per heavy atom. The minimum atomic E-state index is -1.24. The van der Waals surface area contributed by atoms with Crippen molar-refractivity contribution in [2.24, 2.45) is 17.3 Å². The van der Waals surface area contributed by atoms with Gasteiger partial charge in [-0.15, -0.1) is 0 Å². The van der Waals surface area contributed by atoms with Crippen LogP contribution in [0.15, 0.2) is 53.9 Å². The molecule has 2 heterocycles. The highest BCUT2D eigenvalue weighted by molar-refractivity contribution is 6.32. The van der Waals surface area contributed by atoms with Crippen molar-refractivity contribution < 1.29 is 14.0 Å². The largest absolute Gasteiger partial charge is 0.352 e. The zero-order valence-corrected chi connectivity index (χ0v) is 23.3. The van der Waals surface area contributed by atoms with Gasteiger partial charge in [0, 0.05) is 28.7 Å². The number of amides is 2. The van der Waals surface area contributed by atoms with Crippen molar-refractivity contribution in [3.8, 4) is 0 Å². The number of nitrogens with one attached hydrogen (secondary N) is 3. The maximum atomic E-state index is 15.5. The molecule has 1 aliphatic carbocycles.